The Labute approximate surface area is 74.9 Å². The maximum Gasteiger partial charge on any atom is 0.131 e. The normalized spacial score (nSPS) is 29.9. The lowest BCUT2D eigenvalue weighted by atomic mass is 9.82. The average molecular weight is 169 g/mol. The summed E-state index contributed by atoms with van der Waals surface area (Å²) in [4.78, 5) is 13.4. The van der Waals surface area contributed by atoms with E-state index in [2.05, 4.69) is 18.7 Å². The van der Waals surface area contributed by atoms with Crippen molar-refractivity contribution in [1.29, 1.82) is 0 Å². The maximum atomic E-state index is 11.0. The second kappa shape index (κ2) is 3.56. The van der Waals surface area contributed by atoms with Crippen LogP contribution in [-0.2, 0) is 4.79 Å². The Morgan fingerprint density at radius 2 is 2.25 bits per heavy atom. The summed E-state index contributed by atoms with van der Waals surface area (Å²) in [5, 5.41) is 0. The molecular formula is C10H19NO. The van der Waals surface area contributed by atoms with Gasteiger partial charge in [0.1, 0.15) is 5.78 Å². The van der Waals surface area contributed by atoms with Gasteiger partial charge in [-0.1, -0.05) is 6.92 Å². The second-order valence-electron chi connectivity index (χ2n) is 4.11. The molecule has 70 valence electrons. The van der Waals surface area contributed by atoms with Crippen LogP contribution in [-0.4, -0.2) is 29.3 Å². The number of hydrogen-bond acceptors (Lipinski definition) is 2. The van der Waals surface area contributed by atoms with Gasteiger partial charge in [0, 0.05) is 18.5 Å². The third kappa shape index (κ3) is 1.86. The average Bonchev–Trinajstić information content (AvgIpc) is 1.97. The molecule has 1 heterocycles. The summed E-state index contributed by atoms with van der Waals surface area (Å²) in [5.41, 5.74) is 0.196. The van der Waals surface area contributed by atoms with E-state index in [0.29, 0.717) is 5.78 Å². The van der Waals surface area contributed by atoms with Crippen LogP contribution >= 0.6 is 0 Å². The molecule has 0 radical (unpaired) electrons. The Kier molecular flexibility index (Phi) is 2.89. The smallest absolute Gasteiger partial charge is 0.131 e. The lowest BCUT2D eigenvalue weighted by Crippen LogP contribution is -2.58. The van der Waals surface area contributed by atoms with Crippen molar-refractivity contribution < 1.29 is 4.79 Å². The van der Waals surface area contributed by atoms with Gasteiger partial charge >= 0.3 is 0 Å². The zero-order chi connectivity index (χ0) is 9.19. The van der Waals surface area contributed by atoms with E-state index in [1.807, 2.05) is 0 Å². The molecule has 0 amide bonds. The zero-order valence-corrected chi connectivity index (χ0v) is 8.39. The molecule has 1 aliphatic rings. The summed E-state index contributed by atoms with van der Waals surface area (Å²) in [6, 6.07) is 0. The van der Waals surface area contributed by atoms with Gasteiger partial charge in [-0.3, -0.25) is 9.69 Å². The van der Waals surface area contributed by atoms with E-state index in [1.165, 1.54) is 19.4 Å². The van der Waals surface area contributed by atoms with E-state index in [1.54, 1.807) is 6.92 Å². The molecule has 1 fully saturated rings. The van der Waals surface area contributed by atoms with Crippen LogP contribution in [0.15, 0.2) is 0 Å². The Bertz CT molecular complexity index is 179. The quantitative estimate of drug-likeness (QED) is 0.640. The highest BCUT2D eigenvalue weighted by molar-refractivity contribution is 5.76. The van der Waals surface area contributed by atoms with Crippen molar-refractivity contribution in [2.45, 2.75) is 45.6 Å². The van der Waals surface area contributed by atoms with E-state index >= 15 is 0 Å². The molecule has 2 nitrogen and oxygen atoms in total. The van der Waals surface area contributed by atoms with Crippen molar-refractivity contribution in [3.05, 3.63) is 0 Å². The predicted molar refractivity (Wildman–Crippen MR) is 50.2 cm³/mol. The Hall–Kier alpha value is -0.370. The lowest BCUT2D eigenvalue weighted by Gasteiger charge is -2.50. The minimum atomic E-state index is 0.196. The summed E-state index contributed by atoms with van der Waals surface area (Å²) in [6.45, 7) is 8.40. The Morgan fingerprint density at radius 3 is 2.58 bits per heavy atom. The standard InChI is InChI=1S/C10H19NO/c1-4-6-11-7-5-10(11,3)8-9(2)12/h4-8H2,1-3H3/t10-/m1/s1. The third-order valence-corrected chi connectivity index (χ3v) is 2.81. The van der Waals surface area contributed by atoms with Crippen molar-refractivity contribution in [1.82, 2.24) is 4.90 Å². The van der Waals surface area contributed by atoms with Crippen LogP contribution in [0.2, 0.25) is 0 Å². The molecule has 0 aromatic carbocycles. The summed E-state index contributed by atoms with van der Waals surface area (Å²) < 4.78 is 0. The highest BCUT2D eigenvalue weighted by Crippen LogP contribution is 2.33. The Balaban J connectivity index is 2.43. The topological polar surface area (TPSA) is 20.3 Å². The molecule has 2 heteroatoms. The zero-order valence-electron chi connectivity index (χ0n) is 8.39. The van der Waals surface area contributed by atoms with Crippen LogP contribution in [0.4, 0.5) is 0 Å². The minimum Gasteiger partial charge on any atom is -0.300 e. The van der Waals surface area contributed by atoms with Gasteiger partial charge in [0.2, 0.25) is 0 Å². The number of carbonyl (C=O) groups is 1. The van der Waals surface area contributed by atoms with E-state index in [-0.39, 0.29) is 5.54 Å². The summed E-state index contributed by atoms with van der Waals surface area (Å²) >= 11 is 0. The molecular weight excluding hydrogens is 150 g/mol. The van der Waals surface area contributed by atoms with Gasteiger partial charge in [0.05, 0.1) is 0 Å². The first-order chi connectivity index (χ1) is 5.58. The van der Waals surface area contributed by atoms with Gasteiger partial charge in [0.15, 0.2) is 0 Å². The lowest BCUT2D eigenvalue weighted by molar-refractivity contribution is -0.122. The number of carbonyl (C=O) groups excluding carboxylic acids is 1. The second-order valence-corrected chi connectivity index (χ2v) is 4.11. The SMILES string of the molecule is CCCN1CC[C@]1(C)CC(C)=O. The van der Waals surface area contributed by atoms with Crippen LogP contribution in [0, 0.1) is 0 Å². The van der Waals surface area contributed by atoms with Crippen molar-refractivity contribution >= 4 is 5.78 Å². The molecule has 1 aliphatic heterocycles. The molecule has 0 unspecified atom stereocenters. The predicted octanol–water partition coefficient (Wildman–Crippen LogP) is 1.84. The molecule has 0 aromatic heterocycles. The largest absolute Gasteiger partial charge is 0.300 e. The fourth-order valence-corrected chi connectivity index (χ4v) is 2.04. The van der Waals surface area contributed by atoms with Crippen molar-refractivity contribution in [3.63, 3.8) is 0 Å². The fourth-order valence-electron chi connectivity index (χ4n) is 2.04. The molecule has 0 spiro atoms. The van der Waals surface area contributed by atoms with Crippen LogP contribution < -0.4 is 0 Å². The summed E-state index contributed by atoms with van der Waals surface area (Å²) in [7, 11) is 0. The molecule has 0 N–H and O–H groups in total. The number of rotatable bonds is 4. The fraction of sp³-hybridized carbons (Fsp3) is 0.900. The molecule has 0 bridgehead atoms. The van der Waals surface area contributed by atoms with E-state index in [9.17, 15) is 4.79 Å². The van der Waals surface area contributed by atoms with Gasteiger partial charge in [-0.25, -0.2) is 0 Å². The molecule has 1 rings (SSSR count). The highest BCUT2D eigenvalue weighted by Gasteiger charge is 2.40. The number of hydrogen-bond donors (Lipinski definition) is 0. The molecule has 1 saturated heterocycles. The van der Waals surface area contributed by atoms with Gasteiger partial charge in [-0.05, 0) is 33.2 Å². The minimum absolute atomic E-state index is 0.196. The first kappa shape index (κ1) is 9.72. The first-order valence-corrected chi connectivity index (χ1v) is 4.83. The van der Waals surface area contributed by atoms with Gasteiger partial charge in [-0.2, -0.15) is 0 Å². The molecule has 1 atom stereocenters. The number of Topliss-reactive ketones (excluding diaryl/α,β-unsaturated/α-hetero) is 1. The van der Waals surface area contributed by atoms with Gasteiger partial charge in [0.25, 0.3) is 0 Å². The van der Waals surface area contributed by atoms with Crippen LogP contribution in [0.25, 0.3) is 0 Å². The maximum absolute atomic E-state index is 11.0. The highest BCUT2D eigenvalue weighted by atomic mass is 16.1. The number of ketones is 1. The van der Waals surface area contributed by atoms with E-state index in [4.69, 9.17) is 0 Å². The van der Waals surface area contributed by atoms with Crippen molar-refractivity contribution in [3.8, 4) is 0 Å². The van der Waals surface area contributed by atoms with Crippen LogP contribution in [0.5, 0.6) is 0 Å². The molecule has 12 heavy (non-hydrogen) atoms. The van der Waals surface area contributed by atoms with Crippen molar-refractivity contribution in [2.24, 2.45) is 0 Å². The van der Waals surface area contributed by atoms with E-state index in [0.717, 1.165) is 13.0 Å². The molecule has 0 aromatic rings. The van der Waals surface area contributed by atoms with Crippen LogP contribution in [0.3, 0.4) is 0 Å². The first-order valence-electron chi connectivity index (χ1n) is 4.83. The molecule has 0 aliphatic carbocycles. The van der Waals surface area contributed by atoms with E-state index < -0.39 is 0 Å². The third-order valence-electron chi connectivity index (χ3n) is 2.81. The molecule has 0 saturated carbocycles. The van der Waals surface area contributed by atoms with Crippen molar-refractivity contribution in [2.75, 3.05) is 13.1 Å². The van der Waals surface area contributed by atoms with Gasteiger partial charge < -0.3 is 0 Å². The monoisotopic (exact) mass is 169 g/mol. The van der Waals surface area contributed by atoms with Gasteiger partial charge in [-0.15, -0.1) is 0 Å². The summed E-state index contributed by atoms with van der Waals surface area (Å²) in [5.74, 6) is 0.318. The number of nitrogens with zero attached hydrogens (tertiary/aromatic N) is 1. The Morgan fingerprint density at radius 1 is 1.58 bits per heavy atom. The number of likely N-dealkylation sites (tertiary alicyclic amines) is 1. The van der Waals surface area contributed by atoms with Crippen LogP contribution in [0.1, 0.15) is 40.0 Å². The summed E-state index contributed by atoms with van der Waals surface area (Å²) in [6.07, 6.45) is 3.10.